The van der Waals surface area contributed by atoms with E-state index in [9.17, 15) is 29.7 Å². The molecule has 0 radical (unpaired) electrons. The van der Waals surface area contributed by atoms with Crippen LogP contribution >= 0.6 is 46.3 Å². The molecule has 2 amide bonds. The monoisotopic (exact) mass is 661 g/mol. The summed E-state index contributed by atoms with van der Waals surface area (Å²) < 4.78 is 5.11. The van der Waals surface area contributed by atoms with Crippen LogP contribution in [0.4, 0.5) is 11.5 Å². The Morgan fingerprint density at radius 3 is 2.45 bits per heavy atom. The van der Waals surface area contributed by atoms with Crippen molar-refractivity contribution in [3.8, 4) is 23.3 Å². The maximum Gasteiger partial charge on any atom is 0.338 e. The number of anilines is 2. The van der Waals surface area contributed by atoms with Gasteiger partial charge >= 0.3 is 5.97 Å². The smallest absolute Gasteiger partial charge is 0.338 e. The first-order valence-corrected chi connectivity index (χ1v) is 15.2. The van der Waals surface area contributed by atoms with Crippen LogP contribution in [0.25, 0.3) is 11.1 Å². The molecule has 2 N–H and O–H groups in total. The number of carbonyl (C=O) groups is 4. The van der Waals surface area contributed by atoms with Gasteiger partial charge in [-0.3, -0.25) is 14.4 Å². The number of imide groups is 1. The Labute approximate surface area is 268 Å². The molecule has 1 fully saturated rings. The van der Waals surface area contributed by atoms with Gasteiger partial charge in [-0.1, -0.05) is 35.0 Å². The van der Waals surface area contributed by atoms with Crippen molar-refractivity contribution in [2.75, 3.05) is 17.2 Å². The molecule has 0 bridgehead atoms. The van der Waals surface area contributed by atoms with Crippen LogP contribution in [0.3, 0.4) is 0 Å². The van der Waals surface area contributed by atoms with Crippen LogP contribution < -0.4 is 10.6 Å². The molecule has 1 aliphatic heterocycles. The minimum atomic E-state index is -0.917. The number of nitrogens with two attached hydrogens (primary N) is 1. The van der Waals surface area contributed by atoms with E-state index in [1.807, 2.05) is 6.07 Å². The first-order chi connectivity index (χ1) is 21.1. The molecule has 2 aromatic carbocycles. The number of nitrogens with zero attached hydrogens (tertiary/aromatic N) is 4. The highest BCUT2D eigenvalue weighted by Crippen LogP contribution is 2.40. The molecule has 4 aromatic rings. The van der Waals surface area contributed by atoms with Crippen molar-refractivity contribution < 1.29 is 23.9 Å². The highest BCUT2D eigenvalue weighted by atomic mass is 35.5. The predicted octanol–water partition coefficient (Wildman–Crippen LogP) is 5.91. The Hall–Kier alpha value is -4.72. The minimum absolute atomic E-state index is 0.0523. The van der Waals surface area contributed by atoms with E-state index in [4.69, 9.17) is 33.7 Å². The highest BCUT2D eigenvalue weighted by Gasteiger charge is 2.41. The van der Waals surface area contributed by atoms with Crippen molar-refractivity contribution in [2.45, 2.75) is 16.7 Å². The zero-order chi connectivity index (χ0) is 31.5. The second-order valence-corrected chi connectivity index (χ2v) is 12.0. The molecule has 10 nitrogen and oxygen atoms in total. The average molecular weight is 663 g/mol. The zero-order valence-corrected chi connectivity index (χ0v) is 25.4. The van der Waals surface area contributed by atoms with E-state index in [2.05, 4.69) is 11.1 Å². The molecular formula is C30H17Cl2N5O5S2. The van der Waals surface area contributed by atoms with E-state index in [1.54, 1.807) is 16.8 Å². The van der Waals surface area contributed by atoms with Crippen molar-refractivity contribution in [2.24, 2.45) is 0 Å². The van der Waals surface area contributed by atoms with Crippen LogP contribution in [0.1, 0.15) is 38.3 Å². The number of ketones is 1. The van der Waals surface area contributed by atoms with Crippen molar-refractivity contribution in [1.29, 1.82) is 10.5 Å². The van der Waals surface area contributed by atoms with E-state index in [-0.39, 0.29) is 50.2 Å². The van der Waals surface area contributed by atoms with E-state index < -0.39 is 35.4 Å². The van der Waals surface area contributed by atoms with Crippen molar-refractivity contribution in [1.82, 2.24) is 4.98 Å². The standard InChI is InChI=1S/C30H17Cl2N5O5S2/c31-17-3-6-19(22(32)9-17)23(38)13-42-30(41)15-1-4-18(5-2-15)37-25(39)10-24(29(37)40)44-28-21(12-34)26(16-7-8-43-14-16)20(11-33)27(35)36-28/h1-9,14,24H,10,13H2,(H2,35,36). The number of aromatic nitrogens is 1. The van der Waals surface area contributed by atoms with E-state index >= 15 is 0 Å². The second-order valence-electron chi connectivity index (χ2n) is 9.21. The summed E-state index contributed by atoms with van der Waals surface area (Å²) in [4.78, 5) is 56.5. The van der Waals surface area contributed by atoms with Crippen LogP contribution in [-0.2, 0) is 14.3 Å². The second kappa shape index (κ2) is 12.9. The Kier molecular flexibility index (Phi) is 8.99. The molecule has 5 rings (SSSR count). The summed E-state index contributed by atoms with van der Waals surface area (Å²) in [6, 6.07) is 15.7. The number of carbonyl (C=O) groups excluding carboxylic acids is 4. The van der Waals surface area contributed by atoms with Crippen LogP contribution in [0.15, 0.2) is 64.3 Å². The number of amides is 2. The molecular weight excluding hydrogens is 645 g/mol. The van der Waals surface area contributed by atoms with Gasteiger partial charge < -0.3 is 10.5 Å². The van der Waals surface area contributed by atoms with Gasteiger partial charge in [0.2, 0.25) is 17.6 Å². The van der Waals surface area contributed by atoms with Crippen molar-refractivity contribution >= 4 is 81.4 Å². The number of halogens is 2. The van der Waals surface area contributed by atoms with Crippen molar-refractivity contribution in [3.63, 3.8) is 0 Å². The van der Waals surface area contributed by atoms with Crippen LogP contribution in [0, 0.1) is 22.7 Å². The number of Topliss-reactive ketones (excluding diaryl/α,β-unsaturated/α-hetero) is 1. The number of rotatable bonds is 8. The number of thioether (sulfide) groups is 1. The quantitative estimate of drug-likeness (QED) is 0.136. The number of hydrogen-bond donors (Lipinski definition) is 1. The SMILES string of the molecule is N#Cc1c(N)nc(SC2CC(=O)N(c3ccc(C(=O)OCC(=O)c4ccc(Cl)cc4Cl)cc3)C2=O)c(C#N)c1-c1ccsc1. The van der Waals surface area contributed by atoms with Crippen LogP contribution in [0.2, 0.25) is 10.0 Å². The molecule has 0 saturated carbocycles. The molecule has 44 heavy (non-hydrogen) atoms. The Balaban J connectivity index is 1.30. The molecule has 2 aromatic heterocycles. The third kappa shape index (κ3) is 6.02. The minimum Gasteiger partial charge on any atom is -0.454 e. The third-order valence-corrected chi connectivity index (χ3v) is 8.91. The fourth-order valence-electron chi connectivity index (χ4n) is 4.44. The molecule has 3 heterocycles. The normalized spacial score (nSPS) is 14.3. The lowest BCUT2D eigenvalue weighted by molar-refractivity contribution is -0.121. The summed E-state index contributed by atoms with van der Waals surface area (Å²) >= 11 is 14.2. The Morgan fingerprint density at radius 2 is 1.82 bits per heavy atom. The molecule has 1 unspecified atom stereocenters. The number of benzene rings is 2. The van der Waals surface area contributed by atoms with E-state index in [0.717, 1.165) is 16.7 Å². The molecule has 1 aliphatic rings. The lowest BCUT2D eigenvalue weighted by Crippen LogP contribution is -2.31. The van der Waals surface area contributed by atoms with Gasteiger partial charge in [-0.15, -0.1) is 0 Å². The van der Waals surface area contributed by atoms with Crippen LogP contribution in [-0.4, -0.2) is 40.4 Å². The summed E-state index contributed by atoms with van der Waals surface area (Å²) in [5, 5.41) is 22.9. The summed E-state index contributed by atoms with van der Waals surface area (Å²) in [6.07, 6.45) is -0.178. The number of pyridine rings is 1. The predicted molar refractivity (Wildman–Crippen MR) is 166 cm³/mol. The lowest BCUT2D eigenvalue weighted by Gasteiger charge is -2.16. The van der Waals surface area contributed by atoms with Crippen LogP contribution in [0.5, 0.6) is 0 Å². The fraction of sp³-hybridized carbons (Fsp3) is 0.100. The summed E-state index contributed by atoms with van der Waals surface area (Å²) in [7, 11) is 0. The molecule has 1 atom stereocenters. The highest BCUT2D eigenvalue weighted by molar-refractivity contribution is 8.00. The number of nitriles is 2. The van der Waals surface area contributed by atoms with Gasteiger partial charge in [0, 0.05) is 22.6 Å². The Bertz CT molecular complexity index is 1920. The molecule has 0 aliphatic carbocycles. The summed E-state index contributed by atoms with van der Waals surface area (Å²) in [5.41, 5.74) is 7.58. The first kappa shape index (κ1) is 30.7. The number of nitrogen functional groups attached to an aromatic ring is 1. The molecule has 0 spiro atoms. The summed E-state index contributed by atoms with van der Waals surface area (Å²) in [6.45, 7) is -0.559. The maximum atomic E-state index is 13.4. The molecule has 218 valence electrons. The largest absolute Gasteiger partial charge is 0.454 e. The fourth-order valence-corrected chi connectivity index (χ4v) is 6.71. The third-order valence-electron chi connectivity index (χ3n) is 6.51. The van der Waals surface area contributed by atoms with Crippen molar-refractivity contribution in [3.05, 3.63) is 91.6 Å². The van der Waals surface area contributed by atoms with Gasteiger partial charge in [0.25, 0.3) is 0 Å². The zero-order valence-electron chi connectivity index (χ0n) is 22.2. The number of hydrogen-bond acceptors (Lipinski definition) is 11. The van der Waals surface area contributed by atoms with Gasteiger partial charge in [0.1, 0.15) is 28.5 Å². The number of esters is 1. The number of ether oxygens (including phenoxy) is 1. The van der Waals surface area contributed by atoms with E-state index in [0.29, 0.717) is 16.1 Å². The summed E-state index contributed by atoms with van der Waals surface area (Å²) in [5.74, 6) is -2.45. The van der Waals surface area contributed by atoms with E-state index in [1.165, 1.54) is 53.8 Å². The topological polar surface area (TPSA) is 167 Å². The first-order valence-electron chi connectivity index (χ1n) is 12.6. The van der Waals surface area contributed by atoms with Gasteiger partial charge in [0.15, 0.2) is 6.61 Å². The molecule has 1 saturated heterocycles. The van der Waals surface area contributed by atoms with Gasteiger partial charge in [-0.05, 0) is 64.9 Å². The molecule has 14 heteroatoms. The maximum absolute atomic E-state index is 13.4. The lowest BCUT2D eigenvalue weighted by atomic mass is 9.99. The number of thiophene rings is 1. The van der Waals surface area contributed by atoms with Gasteiger partial charge in [0.05, 0.1) is 27.1 Å². The van der Waals surface area contributed by atoms with Gasteiger partial charge in [-0.2, -0.15) is 21.9 Å². The van der Waals surface area contributed by atoms with Gasteiger partial charge in [-0.25, -0.2) is 14.7 Å². The average Bonchev–Trinajstić information content (AvgIpc) is 3.63. The Morgan fingerprint density at radius 1 is 1.09 bits per heavy atom.